The van der Waals surface area contributed by atoms with E-state index in [4.69, 9.17) is 4.74 Å². The lowest BCUT2D eigenvalue weighted by atomic mass is 10.1. The molecule has 0 saturated carbocycles. The average Bonchev–Trinajstić information content (AvgIpc) is 2.43. The maximum absolute atomic E-state index is 11.1. The fourth-order valence-electron chi connectivity index (χ4n) is 1.91. The zero-order valence-electron chi connectivity index (χ0n) is 12.6. The number of hydrogen-bond donors (Lipinski definition) is 1. The van der Waals surface area contributed by atoms with Crippen LogP contribution in [-0.4, -0.2) is 37.2 Å². The average molecular weight is 276 g/mol. The maximum atomic E-state index is 11.1. The predicted molar refractivity (Wildman–Crippen MR) is 82.6 cm³/mol. The molecule has 0 unspecified atom stereocenters. The minimum Gasteiger partial charge on any atom is -0.426 e. The van der Waals surface area contributed by atoms with Crippen LogP contribution in [0.5, 0.6) is 5.75 Å². The summed E-state index contributed by atoms with van der Waals surface area (Å²) in [7, 11) is 0. The summed E-state index contributed by atoms with van der Waals surface area (Å²) in [5, 5.41) is 3.35. The Morgan fingerprint density at radius 1 is 1.30 bits per heavy atom. The van der Waals surface area contributed by atoms with Crippen LogP contribution in [0, 0.1) is 0 Å². The lowest BCUT2D eigenvalue weighted by Crippen LogP contribution is -2.34. The van der Waals surface area contributed by atoms with E-state index < -0.39 is 0 Å². The molecule has 0 bridgehead atoms. The molecular weight excluding hydrogens is 252 g/mol. The first-order chi connectivity index (χ1) is 9.58. The number of para-hydroxylation sites is 1. The van der Waals surface area contributed by atoms with E-state index in [1.807, 2.05) is 18.2 Å². The monoisotopic (exact) mass is 276 g/mol. The van der Waals surface area contributed by atoms with Crippen molar-refractivity contribution in [1.29, 1.82) is 0 Å². The van der Waals surface area contributed by atoms with Gasteiger partial charge in [0.05, 0.1) is 0 Å². The lowest BCUT2D eigenvalue weighted by molar-refractivity contribution is -0.131. The molecule has 4 nitrogen and oxygen atoms in total. The van der Waals surface area contributed by atoms with Gasteiger partial charge in [-0.25, -0.2) is 0 Å². The summed E-state index contributed by atoms with van der Waals surface area (Å²) in [6.45, 7) is 13.3. The van der Waals surface area contributed by atoms with Gasteiger partial charge in [-0.1, -0.05) is 38.6 Å². The number of hydrogen-bond acceptors (Lipinski definition) is 4. The van der Waals surface area contributed by atoms with E-state index in [1.165, 1.54) is 6.92 Å². The molecule has 1 aromatic rings. The highest BCUT2D eigenvalue weighted by molar-refractivity contribution is 5.75. The van der Waals surface area contributed by atoms with E-state index in [0.29, 0.717) is 12.3 Å². The number of esters is 1. The van der Waals surface area contributed by atoms with E-state index in [1.54, 1.807) is 6.07 Å². The third-order valence-electron chi connectivity index (χ3n) is 3.09. The Morgan fingerprint density at radius 3 is 2.55 bits per heavy atom. The predicted octanol–water partition coefficient (Wildman–Crippen LogP) is 2.51. The molecule has 0 radical (unpaired) electrons. The van der Waals surface area contributed by atoms with Gasteiger partial charge in [0.15, 0.2) is 0 Å². The van der Waals surface area contributed by atoms with Crippen LogP contribution in [0.25, 0.3) is 5.57 Å². The Kier molecular flexibility index (Phi) is 6.98. The minimum absolute atomic E-state index is 0.318. The van der Waals surface area contributed by atoms with Crippen LogP contribution < -0.4 is 10.1 Å². The first-order valence-corrected chi connectivity index (χ1v) is 6.97. The molecule has 1 aromatic carbocycles. The van der Waals surface area contributed by atoms with E-state index in [2.05, 4.69) is 30.6 Å². The zero-order valence-corrected chi connectivity index (χ0v) is 12.6. The molecule has 4 heteroatoms. The quantitative estimate of drug-likeness (QED) is 0.450. The van der Waals surface area contributed by atoms with E-state index in [0.717, 1.165) is 30.9 Å². The van der Waals surface area contributed by atoms with Gasteiger partial charge < -0.3 is 10.1 Å². The van der Waals surface area contributed by atoms with Gasteiger partial charge >= 0.3 is 5.97 Å². The van der Waals surface area contributed by atoms with Gasteiger partial charge in [0.2, 0.25) is 0 Å². The van der Waals surface area contributed by atoms with Crippen LogP contribution in [0.4, 0.5) is 0 Å². The van der Waals surface area contributed by atoms with Gasteiger partial charge in [-0.15, -0.1) is 0 Å². The number of benzene rings is 1. The molecule has 0 aliphatic heterocycles. The normalized spacial score (nSPS) is 10.6. The largest absolute Gasteiger partial charge is 0.426 e. The van der Waals surface area contributed by atoms with Gasteiger partial charge in [-0.2, -0.15) is 0 Å². The number of carbonyl (C=O) groups excluding carboxylic acids is 1. The zero-order chi connectivity index (χ0) is 15.0. The summed E-state index contributed by atoms with van der Waals surface area (Å²) < 4.78 is 5.20. The summed E-state index contributed by atoms with van der Waals surface area (Å²) >= 11 is 0. The second-order valence-corrected chi connectivity index (χ2v) is 4.58. The van der Waals surface area contributed by atoms with Crippen molar-refractivity contribution in [2.45, 2.75) is 20.8 Å². The van der Waals surface area contributed by atoms with Crippen LogP contribution >= 0.6 is 0 Å². The molecule has 110 valence electrons. The third kappa shape index (κ3) is 5.15. The van der Waals surface area contributed by atoms with E-state index in [-0.39, 0.29) is 5.97 Å². The first kappa shape index (κ1) is 16.4. The van der Waals surface area contributed by atoms with Crippen molar-refractivity contribution in [1.82, 2.24) is 10.2 Å². The molecule has 0 aliphatic carbocycles. The third-order valence-corrected chi connectivity index (χ3v) is 3.09. The van der Waals surface area contributed by atoms with Gasteiger partial charge in [0.25, 0.3) is 0 Å². The molecule has 0 atom stereocenters. The lowest BCUT2D eigenvalue weighted by Gasteiger charge is -2.19. The molecule has 0 spiro atoms. The van der Waals surface area contributed by atoms with Crippen molar-refractivity contribution in [3.05, 3.63) is 36.4 Å². The Balaban J connectivity index is 2.61. The second-order valence-electron chi connectivity index (χ2n) is 4.58. The fraction of sp³-hybridized carbons (Fsp3) is 0.438. The summed E-state index contributed by atoms with van der Waals surface area (Å²) in [5.41, 5.74) is 1.78. The topological polar surface area (TPSA) is 41.6 Å². The standard InChI is InChI=1S/C16H24N2O2/c1-5-18(6-2)12-17-11-13(3)15-9-7-8-10-16(15)20-14(4)19/h7-10,17H,3,5-6,11-12H2,1-2,4H3. The minimum atomic E-state index is -0.318. The van der Waals surface area contributed by atoms with Crippen LogP contribution in [0.3, 0.4) is 0 Å². The second kappa shape index (κ2) is 8.51. The van der Waals surface area contributed by atoms with Crippen molar-refractivity contribution < 1.29 is 9.53 Å². The maximum Gasteiger partial charge on any atom is 0.308 e. The molecule has 0 saturated heterocycles. The van der Waals surface area contributed by atoms with Gasteiger partial charge in [0.1, 0.15) is 5.75 Å². The molecule has 1 rings (SSSR count). The van der Waals surface area contributed by atoms with Gasteiger partial charge in [0, 0.05) is 25.7 Å². The molecule has 20 heavy (non-hydrogen) atoms. The summed E-state index contributed by atoms with van der Waals surface area (Å²) in [4.78, 5) is 13.4. The highest BCUT2D eigenvalue weighted by atomic mass is 16.5. The molecular formula is C16H24N2O2. The molecule has 0 heterocycles. The number of rotatable bonds is 8. The van der Waals surface area contributed by atoms with Gasteiger partial charge in [-0.3, -0.25) is 9.69 Å². The highest BCUT2D eigenvalue weighted by Crippen LogP contribution is 2.24. The molecule has 0 fully saturated rings. The van der Waals surface area contributed by atoms with Crippen LogP contribution in [0.2, 0.25) is 0 Å². The molecule has 0 aromatic heterocycles. The SMILES string of the molecule is C=C(CNCN(CC)CC)c1ccccc1OC(C)=O. The Morgan fingerprint density at radius 2 is 1.95 bits per heavy atom. The van der Waals surface area contributed by atoms with Crippen molar-refractivity contribution >= 4 is 11.5 Å². The van der Waals surface area contributed by atoms with Crippen molar-refractivity contribution in [3.63, 3.8) is 0 Å². The number of nitrogens with zero attached hydrogens (tertiary/aromatic N) is 1. The Hall–Kier alpha value is -1.65. The van der Waals surface area contributed by atoms with Crippen molar-refractivity contribution in [3.8, 4) is 5.75 Å². The molecule has 0 amide bonds. The summed E-state index contributed by atoms with van der Waals surface area (Å²) in [5.74, 6) is 0.246. The van der Waals surface area contributed by atoms with E-state index in [9.17, 15) is 4.79 Å². The Labute approximate surface area is 121 Å². The Bertz CT molecular complexity index is 454. The van der Waals surface area contributed by atoms with Crippen molar-refractivity contribution in [2.24, 2.45) is 0 Å². The molecule has 1 N–H and O–H groups in total. The number of ether oxygens (including phenoxy) is 1. The number of nitrogens with one attached hydrogen (secondary N) is 1. The van der Waals surface area contributed by atoms with Crippen LogP contribution in [0.15, 0.2) is 30.8 Å². The molecule has 0 aliphatic rings. The fourth-order valence-corrected chi connectivity index (χ4v) is 1.91. The van der Waals surface area contributed by atoms with Crippen molar-refractivity contribution in [2.75, 3.05) is 26.3 Å². The highest BCUT2D eigenvalue weighted by Gasteiger charge is 2.08. The van der Waals surface area contributed by atoms with Crippen LogP contribution in [-0.2, 0) is 4.79 Å². The van der Waals surface area contributed by atoms with E-state index >= 15 is 0 Å². The summed E-state index contributed by atoms with van der Waals surface area (Å²) in [6, 6.07) is 7.46. The smallest absolute Gasteiger partial charge is 0.308 e. The van der Waals surface area contributed by atoms with Crippen LogP contribution in [0.1, 0.15) is 26.3 Å². The number of carbonyl (C=O) groups is 1. The summed E-state index contributed by atoms with van der Waals surface area (Å²) in [6.07, 6.45) is 0. The first-order valence-electron chi connectivity index (χ1n) is 6.97. The van der Waals surface area contributed by atoms with Gasteiger partial charge in [-0.05, 0) is 24.7 Å².